The van der Waals surface area contributed by atoms with Gasteiger partial charge in [-0.25, -0.2) is 0 Å². The number of hydrogen-bond donors (Lipinski definition) is 0. The fraction of sp³-hybridized carbons (Fsp3) is 0.111. The maximum atomic E-state index is 13.2. The zero-order chi connectivity index (χ0) is 24.7. The highest BCUT2D eigenvalue weighted by Gasteiger charge is 2.35. The van der Waals surface area contributed by atoms with Crippen LogP contribution in [0.1, 0.15) is 22.4 Å². The molecule has 1 fully saturated rings. The normalized spacial score (nSPS) is 15.1. The summed E-state index contributed by atoms with van der Waals surface area (Å²) in [5.41, 5.74) is 4.67. The average Bonchev–Trinajstić information content (AvgIpc) is 3.26. The molecule has 0 unspecified atom stereocenters. The van der Waals surface area contributed by atoms with Crippen molar-refractivity contribution in [2.45, 2.75) is 20.0 Å². The van der Waals surface area contributed by atoms with Crippen LogP contribution in [0.15, 0.2) is 71.6 Å². The molecule has 8 heteroatoms. The number of carbonyl (C=O) groups excluding carboxylic acids is 2. The minimum atomic E-state index is -0.326. The van der Waals surface area contributed by atoms with Crippen LogP contribution in [0.4, 0.5) is 4.79 Å². The third-order valence-corrected chi connectivity index (χ3v) is 8.05. The third-order valence-electron chi connectivity index (χ3n) is 6.04. The van der Waals surface area contributed by atoms with Gasteiger partial charge in [0.2, 0.25) is 0 Å². The van der Waals surface area contributed by atoms with E-state index in [-0.39, 0.29) is 17.7 Å². The summed E-state index contributed by atoms with van der Waals surface area (Å²) < 4.78 is 2.18. The molecule has 1 aromatic heterocycles. The molecule has 0 aliphatic carbocycles. The van der Waals surface area contributed by atoms with E-state index in [2.05, 4.69) is 4.57 Å². The van der Waals surface area contributed by atoms with Gasteiger partial charge >= 0.3 is 0 Å². The van der Waals surface area contributed by atoms with Crippen molar-refractivity contribution in [3.8, 4) is 0 Å². The molecular weight excluding hydrogens is 523 g/mol. The molecule has 1 aliphatic heterocycles. The van der Waals surface area contributed by atoms with Crippen LogP contribution in [0.2, 0.25) is 15.1 Å². The van der Waals surface area contributed by atoms with Gasteiger partial charge in [0.05, 0.1) is 21.5 Å². The monoisotopic (exact) mass is 540 g/mol. The van der Waals surface area contributed by atoms with Gasteiger partial charge in [-0.05, 0) is 60.2 Å². The second-order valence-electron chi connectivity index (χ2n) is 8.21. The second-order valence-corrected chi connectivity index (χ2v) is 10.4. The number of halogens is 3. The number of para-hydroxylation sites is 1. The standard InChI is InChI=1S/C27H19Cl3N2O2S/c1-16-20(19-7-3-5-9-24(19)31(16)15-18-6-2-4-8-21(18)28)13-25-26(33)32(27(34)35-25)14-17-10-11-22(29)23(30)12-17/h2-13H,14-15H2,1H3/b25-13-. The van der Waals surface area contributed by atoms with Crippen molar-refractivity contribution >= 4 is 74.7 Å². The van der Waals surface area contributed by atoms with Crippen LogP contribution < -0.4 is 0 Å². The quantitative estimate of drug-likeness (QED) is 0.239. The number of benzene rings is 3. The molecular formula is C27H19Cl3N2O2S. The van der Waals surface area contributed by atoms with Crippen molar-refractivity contribution in [1.82, 2.24) is 9.47 Å². The number of fused-ring (bicyclic) bond motifs is 1. The van der Waals surface area contributed by atoms with E-state index in [0.717, 1.165) is 45.0 Å². The average molecular weight is 542 g/mol. The number of rotatable bonds is 5. The maximum Gasteiger partial charge on any atom is 0.293 e. The van der Waals surface area contributed by atoms with Crippen LogP contribution >= 0.6 is 46.6 Å². The predicted octanol–water partition coefficient (Wildman–Crippen LogP) is 8.19. The van der Waals surface area contributed by atoms with Crippen LogP contribution in [0.5, 0.6) is 0 Å². The van der Waals surface area contributed by atoms with Gasteiger partial charge in [0.1, 0.15) is 0 Å². The number of thioether (sulfide) groups is 1. The van der Waals surface area contributed by atoms with Crippen molar-refractivity contribution in [3.05, 3.63) is 109 Å². The van der Waals surface area contributed by atoms with E-state index in [0.29, 0.717) is 26.5 Å². The first-order chi connectivity index (χ1) is 16.8. The van der Waals surface area contributed by atoms with Crippen molar-refractivity contribution in [3.63, 3.8) is 0 Å². The predicted molar refractivity (Wildman–Crippen MR) is 145 cm³/mol. The summed E-state index contributed by atoms with van der Waals surface area (Å²) in [6.07, 6.45) is 1.82. The SMILES string of the molecule is Cc1c(/C=C2\SC(=O)N(Cc3ccc(Cl)c(Cl)c3)C2=O)c2ccccc2n1Cc1ccccc1Cl. The van der Waals surface area contributed by atoms with Gasteiger partial charge in [-0.15, -0.1) is 0 Å². The maximum absolute atomic E-state index is 13.2. The zero-order valence-electron chi connectivity index (χ0n) is 18.6. The minimum Gasteiger partial charge on any atom is -0.340 e. The highest BCUT2D eigenvalue weighted by Crippen LogP contribution is 2.37. The number of amides is 2. The second kappa shape index (κ2) is 9.75. The van der Waals surface area contributed by atoms with Gasteiger partial charge in [0, 0.05) is 33.7 Å². The Morgan fingerprint density at radius 2 is 1.60 bits per heavy atom. The van der Waals surface area contributed by atoms with Gasteiger partial charge in [-0.2, -0.15) is 0 Å². The number of imide groups is 1. The largest absolute Gasteiger partial charge is 0.340 e. The van der Waals surface area contributed by atoms with E-state index in [4.69, 9.17) is 34.8 Å². The first-order valence-corrected chi connectivity index (χ1v) is 12.8. The Bertz CT molecular complexity index is 1530. The Morgan fingerprint density at radius 3 is 2.37 bits per heavy atom. The Labute approximate surface area is 222 Å². The molecule has 1 aliphatic rings. The molecule has 0 radical (unpaired) electrons. The molecule has 4 aromatic rings. The molecule has 176 valence electrons. The lowest BCUT2D eigenvalue weighted by molar-refractivity contribution is -0.123. The fourth-order valence-electron chi connectivity index (χ4n) is 4.23. The molecule has 1 saturated heterocycles. The lowest BCUT2D eigenvalue weighted by Crippen LogP contribution is -2.27. The molecule has 5 rings (SSSR count). The van der Waals surface area contributed by atoms with E-state index in [1.165, 1.54) is 4.90 Å². The Balaban J connectivity index is 1.50. The number of aromatic nitrogens is 1. The van der Waals surface area contributed by atoms with E-state index in [1.54, 1.807) is 18.2 Å². The van der Waals surface area contributed by atoms with Gasteiger partial charge in [0.15, 0.2) is 0 Å². The number of hydrogen-bond acceptors (Lipinski definition) is 3. The molecule has 2 heterocycles. The number of carbonyl (C=O) groups is 2. The molecule has 4 nitrogen and oxygen atoms in total. The van der Waals surface area contributed by atoms with Crippen LogP contribution in [0.25, 0.3) is 17.0 Å². The van der Waals surface area contributed by atoms with Gasteiger partial charge in [0.25, 0.3) is 11.1 Å². The molecule has 0 N–H and O–H groups in total. The summed E-state index contributed by atoms with van der Waals surface area (Å²) >= 11 is 19.5. The fourth-order valence-corrected chi connectivity index (χ4v) is 5.56. The summed E-state index contributed by atoms with van der Waals surface area (Å²) in [5.74, 6) is -0.326. The van der Waals surface area contributed by atoms with Crippen molar-refractivity contribution < 1.29 is 9.59 Å². The summed E-state index contributed by atoms with van der Waals surface area (Å²) in [7, 11) is 0. The van der Waals surface area contributed by atoms with E-state index >= 15 is 0 Å². The smallest absolute Gasteiger partial charge is 0.293 e. The minimum absolute atomic E-state index is 0.131. The first kappa shape index (κ1) is 24.0. The van der Waals surface area contributed by atoms with Gasteiger partial charge in [-0.1, -0.05) is 77.3 Å². The summed E-state index contributed by atoms with van der Waals surface area (Å²) in [6, 6.07) is 20.9. The topological polar surface area (TPSA) is 42.3 Å². The highest BCUT2D eigenvalue weighted by molar-refractivity contribution is 8.18. The Kier molecular flexibility index (Phi) is 6.69. The molecule has 0 atom stereocenters. The molecule has 3 aromatic carbocycles. The molecule has 35 heavy (non-hydrogen) atoms. The molecule has 2 amide bonds. The van der Waals surface area contributed by atoms with Crippen LogP contribution in [0, 0.1) is 6.92 Å². The van der Waals surface area contributed by atoms with E-state index < -0.39 is 0 Å². The lowest BCUT2D eigenvalue weighted by Gasteiger charge is -2.13. The van der Waals surface area contributed by atoms with Gasteiger partial charge < -0.3 is 4.57 Å². The van der Waals surface area contributed by atoms with Crippen LogP contribution in [-0.2, 0) is 17.9 Å². The Morgan fingerprint density at radius 1 is 0.857 bits per heavy atom. The van der Waals surface area contributed by atoms with Crippen molar-refractivity contribution in [2.24, 2.45) is 0 Å². The molecule has 0 bridgehead atoms. The van der Waals surface area contributed by atoms with E-state index in [1.807, 2.05) is 61.5 Å². The van der Waals surface area contributed by atoms with Crippen molar-refractivity contribution in [2.75, 3.05) is 0 Å². The van der Waals surface area contributed by atoms with Crippen molar-refractivity contribution in [1.29, 1.82) is 0 Å². The summed E-state index contributed by atoms with van der Waals surface area (Å²) in [6.45, 7) is 2.74. The first-order valence-electron chi connectivity index (χ1n) is 10.8. The Hall–Kier alpha value is -2.70. The summed E-state index contributed by atoms with van der Waals surface area (Å²) in [4.78, 5) is 27.5. The molecule has 0 saturated carbocycles. The number of nitrogens with zero attached hydrogens (tertiary/aromatic N) is 2. The van der Waals surface area contributed by atoms with Crippen LogP contribution in [0.3, 0.4) is 0 Å². The van der Waals surface area contributed by atoms with Crippen LogP contribution in [-0.4, -0.2) is 20.6 Å². The lowest BCUT2D eigenvalue weighted by atomic mass is 10.1. The zero-order valence-corrected chi connectivity index (χ0v) is 21.7. The highest BCUT2D eigenvalue weighted by atomic mass is 35.5. The van der Waals surface area contributed by atoms with E-state index in [9.17, 15) is 9.59 Å². The molecule has 0 spiro atoms. The van der Waals surface area contributed by atoms with Gasteiger partial charge in [-0.3, -0.25) is 14.5 Å². The third kappa shape index (κ3) is 4.62. The summed E-state index contributed by atoms with van der Waals surface area (Å²) in [5, 5.41) is 2.20.